The molecular formula is C18H20O3. The van der Waals surface area contributed by atoms with Gasteiger partial charge in [0, 0.05) is 12.5 Å². The third-order valence-corrected chi connectivity index (χ3v) is 3.84. The van der Waals surface area contributed by atoms with Crippen LogP contribution in [-0.4, -0.2) is 18.3 Å². The Morgan fingerprint density at radius 3 is 2.38 bits per heavy atom. The van der Waals surface area contributed by atoms with E-state index in [4.69, 9.17) is 9.47 Å². The number of ether oxygens (including phenoxy) is 2. The summed E-state index contributed by atoms with van der Waals surface area (Å²) in [7, 11) is 0. The first-order valence-electron chi connectivity index (χ1n) is 7.41. The number of rotatable bonds is 4. The Balaban J connectivity index is 1.66. The first-order chi connectivity index (χ1) is 10.3. The van der Waals surface area contributed by atoms with Crippen LogP contribution in [0.4, 0.5) is 0 Å². The van der Waals surface area contributed by atoms with Gasteiger partial charge in [-0.1, -0.05) is 30.3 Å². The summed E-state index contributed by atoms with van der Waals surface area (Å²) in [5.74, 6) is 1.78. The standard InChI is InChI=1S/C18H20O3/c19-18(15-5-4-12-20-13-15)14-8-10-17(11-9-14)21-16-6-2-1-3-7-16/h1-3,6-11,15,18-19H,4-5,12-13H2. The molecule has 1 saturated heterocycles. The van der Waals surface area contributed by atoms with E-state index in [1.807, 2.05) is 54.6 Å². The number of para-hydroxylation sites is 1. The lowest BCUT2D eigenvalue weighted by molar-refractivity contribution is -0.00997. The van der Waals surface area contributed by atoms with Crippen LogP contribution in [0.15, 0.2) is 54.6 Å². The Bertz CT molecular complexity index is 544. The van der Waals surface area contributed by atoms with Crippen molar-refractivity contribution in [1.82, 2.24) is 0 Å². The van der Waals surface area contributed by atoms with Crippen molar-refractivity contribution in [3.8, 4) is 11.5 Å². The van der Waals surface area contributed by atoms with Gasteiger partial charge in [0.2, 0.25) is 0 Å². The van der Waals surface area contributed by atoms with Crippen LogP contribution in [0.1, 0.15) is 24.5 Å². The van der Waals surface area contributed by atoms with E-state index in [0.717, 1.165) is 36.5 Å². The van der Waals surface area contributed by atoms with E-state index in [0.29, 0.717) is 6.61 Å². The summed E-state index contributed by atoms with van der Waals surface area (Å²) in [6.45, 7) is 1.45. The molecule has 110 valence electrons. The fraction of sp³-hybridized carbons (Fsp3) is 0.333. The summed E-state index contributed by atoms with van der Waals surface area (Å²) < 4.78 is 11.2. The first-order valence-corrected chi connectivity index (χ1v) is 7.41. The predicted molar refractivity (Wildman–Crippen MR) is 81.5 cm³/mol. The summed E-state index contributed by atoms with van der Waals surface area (Å²) in [6, 6.07) is 17.3. The SMILES string of the molecule is OC(c1ccc(Oc2ccccc2)cc1)C1CCCOC1. The van der Waals surface area contributed by atoms with Gasteiger partial charge in [-0.3, -0.25) is 0 Å². The van der Waals surface area contributed by atoms with Crippen LogP contribution in [0.25, 0.3) is 0 Å². The van der Waals surface area contributed by atoms with Crippen LogP contribution in [0.5, 0.6) is 11.5 Å². The van der Waals surface area contributed by atoms with Crippen molar-refractivity contribution in [2.75, 3.05) is 13.2 Å². The molecule has 0 aliphatic carbocycles. The highest BCUT2D eigenvalue weighted by molar-refractivity contribution is 5.33. The van der Waals surface area contributed by atoms with Gasteiger partial charge < -0.3 is 14.6 Å². The zero-order valence-electron chi connectivity index (χ0n) is 11.9. The highest BCUT2D eigenvalue weighted by Crippen LogP contribution is 2.30. The van der Waals surface area contributed by atoms with Gasteiger partial charge in [-0.25, -0.2) is 0 Å². The van der Waals surface area contributed by atoms with Crippen molar-refractivity contribution in [2.45, 2.75) is 18.9 Å². The topological polar surface area (TPSA) is 38.7 Å². The zero-order valence-corrected chi connectivity index (χ0v) is 11.9. The molecule has 3 nitrogen and oxygen atoms in total. The first kappa shape index (κ1) is 14.1. The van der Waals surface area contributed by atoms with E-state index >= 15 is 0 Å². The quantitative estimate of drug-likeness (QED) is 0.924. The Morgan fingerprint density at radius 2 is 1.71 bits per heavy atom. The van der Waals surface area contributed by atoms with Crippen LogP contribution in [0.3, 0.4) is 0 Å². The maximum absolute atomic E-state index is 10.4. The molecule has 1 aliphatic rings. The fourth-order valence-electron chi connectivity index (χ4n) is 2.64. The van der Waals surface area contributed by atoms with Crippen molar-refractivity contribution in [2.24, 2.45) is 5.92 Å². The molecule has 0 amide bonds. The largest absolute Gasteiger partial charge is 0.457 e. The lowest BCUT2D eigenvalue weighted by Gasteiger charge is -2.27. The van der Waals surface area contributed by atoms with Crippen LogP contribution in [0.2, 0.25) is 0 Å². The van der Waals surface area contributed by atoms with Crippen molar-refractivity contribution in [3.05, 3.63) is 60.2 Å². The lowest BCUT2D eigenvalue weighted by atomic mass is 9.91. The monoisotopic (exact) mass is 284 g/mol. The molecule has 0 bridgehead atoms. The second kappa shape index (κ2) is 6.74. The van der Waals surface area contributed by atoms with Gasteiger partial charge in [0.1, 0.15) is 11.5 Å². The molecule has 0 spiro atoms. The third-order valence-electron chi connectivity index (χ3n) is 3.84. The lowest BCUT2D eigenvalue weighted by Crippen LogP contribution is -2.23. The van der Waals surface area contributed by atoms with E-state index in [1.54, 1.807) is 0 Å². The molecule has 2 aromatic rings. The highest BCUT2D eigenvalue weighted by atomic mass is 16.5. The number of aliphatic hydroxyl groups excluding tert-OH is 1. The van der Waals surface area contributed by atoms with Crippen LogP contribution < -0.4 is 4.74 Å². The molecule has 2 unspecified atom stereocenters. The molecule has 0 radical (unpaired) electrons. The smallest absolute Gasteiger partial charge is 0.127 e. The molecule has 2 atom stereocenters. The van der Waals surface area contributed by atoms with Crippen molar-refractivity contribution in [1.29, 1.82) is 0 Å². The maximum Gasteiger partial charge on any atom is 0.127 e. The molecule has 1 fully saturated rings. The Kier molecular flexibility index (Phi) is 4.53. The Labute approximate surface area is 125 Å². The third kappa shape index (κ3) is 3.63. The molecule has 2 aromatic carbocycles. The van der Waals surface area contributed by atoms with Crippen LogP contribution in [-0.2, 0) is 4.74 Å². The molecule has 1 heterocycles. The summed E-state index contributed by atoms with van der Waals surface area (Å²) in [5, 5.41) is 10.4. The average molecular weight is 284 g/mol. The molecule has 1 aliphatic heterocycles. The predicted octanol–water partition coefficient (Wildman–Crippen LogP) is 3.94. The van der Waals surface area contributed by atoms with Gasteiger partial charge in [0.25, 0.3) is 0 Å². The molecule has 3 rings (SSSR count). The second-order valence-corrected chi connectivity index (χ2v) is 5.41. The summed E-state index contributed by atoms with van der Waals surface area (Å²) >= 11 is 0. The summed E-state index contributed by atoms with van der Waals surface area (Å²) in [6.07, 6.45) is 1.58. The molecular weight excluding hydrogens is 264 g/mol. The van der Waals surface area contributed by atoms with Gasteiger partial charge in [-0.15, -0.1) is 0 Å². The van der Waals surface area contributed by atoms with Gasteiger partial charge in [0.15, 0.2) is 0 Å². The van der Waals surface area contributed by atoms with E-state index in [9.17, 15) is 5.11 Å². The summed E-state index contributed by atoms with van der Waals surface area (Å²) in [5.41, 5.74) is 0.922. The molecule has 21 heavy (non-hydrogen) atoms. The second-order valence-electron chi connectivity index (χ2n) is 5.41. The van der Waals surface area contributed by atoms with Gasteiger partial charge >= 0.3 is 0 Å². The van der Waals surface area contributed by atoms with Gasteiger partial charge in [-0.2, -0.15) is 0 Å². The van der Waals surface area contributed by atoms with Crippen molar-refractivity contribution >= 4 is 0 Å². The number of benzene rings is 2. The van der Waals surface area contributed by atoms with E-state index in [1.165, 1.54) is 0 Å². The Hall–Kier alpha value is -1.84. The molecule has 0 aromatic heterocycles. The minimum Gasteiger partial charge on any atom is -0.457 e. The van der Waals surface area contributed by atoms with E-state index in [2.05, 4.69) is 0 Å². The summed E-state index contributed by atoms with van der Waals surface area (Å²) in [4.78, 5) is 0. The van der Waals surface area contributed by atoms with Crippen molar-refractivity contribution < 1.29 is 14.6 Å². The maximum atomic E-state index is 10.4. The minimum atomic E-state index is -0.462. The van der Waals surface area contributed by atoms with E-state index in [-0.39, 0.29) is 5.92 Å². The fourth-order valence-corrected chi connectivity index (χ4v) is 2.64. The van der Waals surface area contributed by atoms with Crippen molar-refractivity contribution in [3.63, 3.8) is 0 Å². The Morgan fingerprint density at radius 1 is 1.00 bits per heavy atom. The average Bonchev–Trinajstić information content (AvgIpc) is 2.57. The molecule has 1 N–H and O–H groups in total. The number of hydrogen-bond acceptors (Lipinski definition) is 3. The van der Waals surface area contributed by atoms with E-state index < -0.39 is 6.10 Å². The van der Waals surface area contributed by atoms with Gasteiger partial charge in [0.05, 0.1) is 12.7 Å². The highest BCUT2D eigenvalue weighted by Gasteiger charge is 2.23. The number of hydrogen-bond donors (Lipinski definition) is 1. The normalized spacial score (nSPS) is 20.0. The molecule has 3 heteroatoms. The van der Waals surface area contributed by atoms with Crippen LogP contribution >= 0.6 is 0 Å². The zero-order chi connectivity index (χ0) is 14.5. The molecule has 0 saturated carbocycles. The van der Waals surface area contributed by atoms with Gasteiger partial charge in [-0.05, 0) is 42.7 Å². The number of aliphatic hydroxyl groups is 1. The van der Waals surface area contributed by atoms with Crippen LogP contribution in [0, 0.1) is 5.92 Å². The minimum absolute atomic E-state index is 0.194.